The van der Waals surface area contributed by atoms with E-state index in [1.165, 1.54) is 0 Å². The van der Waals surface area contributed by atoms with Crippen molar-refractivity contribution < 1.29 is 0 Å². The SMILES string of the molecule is [B]C(Cl)CCC. The van der Waals surface area contributed by atoms with Gasteiger partial charge in [0.05, 0.1) is 7.85 Å². The normalized spacial score (nSPS) is 14.3. The molecule has 0 aromatic rings. The lowest BCUT2D eigenvalue weighted by Crippen LogP contribution is -1.93. The summed E-state index contributed by atoms with van der Waals surface area (Å²) in [6.07, 6.45) is 1.99. The topological polar surface area (TPSA) is 0 Å². The van der Waals surface area contributed by atoms with E-state index in [1.807, 2.05) is 0 Å². The molecule has 2 heteroatoms. The molecule has 0 nitrogen and oxygen atoms in total. The summed E-state index contributed by atoms with van der Waals surface area (Å²) < 4.78 is 0. The van der Waals surface area contributed by atoms with Crippen molar-refractivity contribution >= 4 is 19.4 Å². The molecule has 0 aliphatic carbocycles. The Hall–Kier alpha value is 0.355. The summed E-state index contributed by atoms with van der Waals surface area (Å²) in [5, 5.41) is -0.130. The molecule has 1 atom stereocenters. The third kappa shape index (κ3) is 4.35. The molecule has 0 aliphatic rings. The highest BCUT2D eigenvalue weighted by Gasteiger charge is 1.88. The van der Waals surface area contributed by atoms with Crippen molar-refractivity contribution in [2.45, 2.75) is 25.0 Å². The molecule has 0 saturated heterocycles. The zero-order valence-electron chi connectivity index (χ0n) is 3.95. The molecule has 34 valence electrons. The van der Waals surface area contributed by atoms with Gasteiger partial charge in [0.2, 0.25) is 0 Å². The maximum atomic E-state index is 5.36. The van der Waals surface area contributed by atoms with Crippen LogP contribution in [0.5, 0.6) is 0 Å². The van der Waals surface area contributed by atoms with E-state index in [9.17, 15) is 0 Å². The lowest BCUT2D eigenvalue weighted by atomic mass is 10.0. The van der Waals surface area contributed by atoms with Crippen molar-refractivity contribution in [1.82, 2.24) is 0 Å². The van der Waals surface area contributed by atoms with Gasteiger partial charge in [-0.2, -0.15) is 0 Å². The summed E-state index contributed by atoms with van der Waals surface area (Å²) in [6, 6.07) is 0. The summed E-state index contributed by atoms with van der Waals surface area (Å²) in [6.45, 7) is 2.06. The summed E-state index contributed by atoms with van der Waals surface area (Å²) in [5.74, 6) is 0. The number of halogens is 1. The number of hydrogen-bond acceptors (Lipinski definition) is 0. The molecule has 0 aromatic heterocycles. The molecule has 6 heavy (non-hydrogen) atoms. The molecule has 0 aliphatic heterocycles. The predicted octanol–water partition coefficient (Wildman–Crippen LogP) is 1.52. The molecule has 2 radical (unpaired) electrons. The Labute approximate surface area is 45.3 Å². The Balaban J connectivity index is 2.63. The van der Waals surface area contributed by atoms with Crippen LogP contribution in [0.3, 0.4) is 0 Å². The lowest BCUT2D eigenvalue weighted by Gasteiger charge is -1.93. The molecule has 0 aromatic carbocycles. The summed E-state index contributed by atoms with van der Waals surface area (Å²) in [5.41, 5.74) is 0. The van der Waals surface area contributed by atoms with Crippen molar-refractivity contribution in [2.24, 2.45) is 0 Å². The first-order valence-corrected chi connectivity index (χ1v) is 2.60. The fourth-order valence-electron chi connectivity index (χ4n) is 0.276. The van der Waals surface area contributed by atoms with E-state index in [1.54, 1.807) is 0 Å². The van der Waals surface area contributed by atoms with Crippen molar-refractivity contribution in [1.29, 1.82) is 0 Å². The van der Waals surface area contributed by atoms with Gasteiger partial charge in [0.25, 0.3) is 0 Å². The van der Waals surface area contributed by atoms with Gasteiger partial charge in [0, 0.05) is 0 Å². The van der Waals surface area contributed by atoms with Crippen LogP contribution < -0.4 is 0 Å². The van der Waals surface area contributed by atoms with Gasteiger partial charge in [-0.3, -0.25) is 0 Å². The first kappa shape index (κ1) is 6.35. The average Bonchev–Trinajstić information content (AvgIpc) is 1.35. The maximum absolute atomic E-state index is 5.36. The third-order valence-electron chi connectivity index (χ3n) is 0.564. The molecule has 0 rings (SSSR count). The van der Waals surface area contributed by atoms with Crippen molar-refractivity contribution in [3.8, 4) is 0 Å². The second-order valence-corrected chi connectivity index (χ2v) is 1.87. The Kier molecular flexibility index (Phi) is 3.75. The van der Waals surface area contributed by atoms with Crippen LogP contribution in [0.25, 0.3) is 0 Å². The standard InChI is InChI=1S/C4H8BCl/c1-2-3-4(5)6/h4H,2-3H2,1H3. The second kappa shape index (κ2) is 3.54. The zero-order chi connectivity index (χ0) is 4.99. The highest BCUT2D eigenvalue weighted by molar-refractivity contribution is 6.40. The van der Waals surface area contributed by atoms with Crippen LogP contribution in [0.1, 0.15) is 19.8 Å². The molecule has 1 unspecified atom stereocenters. The van der Waals surface area contributed by atoms with E-state index in [-0.39, 0.29) is 5.28 Å². The average molecular weight is 102 g/mol. The molecule has 0 heterocycles. The molecule has 0 amide bonds. The minimum absolute atomic E-state index is 0.130. The number of hydrogen-bond donors (Lipinski definition) is 0. The number of rotatable bonds is 2. The van der Waals surface area contributed by atoms with E-state index in [2.05, 4.69) is 6.92 Å². The van der Waals surface area contributed by atoms with Crippen molar-refractivity contribution in [3.63, 3.8) is 0 Å². The van der Waals surface area contributed by atoms with Crippen LogP contribution in [0.4, 0.5) is 0 Å². The maximum Gasteiger partial charge on any atom is 0.0917 e. The zero-order valence-corrected chi connectivity index (χ0v) is 4.70. The van der Waals surface area contributed by atoms with Gasteiger partial charge in [-0.25, -0.2) is 0 Å². The molecule has 0 bridgehead atoms. The predicted molar refractivity (Wildman–Crippen MR) is 30.3 cm³/mol. The second-order valence-electron chi connectivity index (χ2n) is 1.30. The summed E-state index contributed by atoms with van der Waals surface area (Å²) >= 11 is 5.36. The van der Waals surface area contributed by atoms with Crippen LogP contribution in [0.15, 0.2) is 0 Å². The van der Waals surface area contributed by atoms with Gasteiger partial charge in [-0.15, -0.1) is 11.6 Å². The fourth-order valence-corrected chi connectivity index (χ4v) is 0.494. The monoisotopic (exact) mass is 102 g/mol. The Morgan fingerprint density at radius 2 is 2.33 bits per heavy atom. The Morgan fingerprint density at radius 3 is 2.33 bits per heavy atom. The van der Waals surface area contributed by atoms with Crippen LogP contribution in [-0.2, 0) is 0 Å². The van der Waals surface area contributed by atoms with Crippen molar-refractivity contribution in [2.75, 3.05) is 0 Å². The highest BCUT2D eigenvalue weighted by Crippen LogP contribution is 1.97. The summed E-state index contributed by atoms with van der Waals surface area (Å²) in [7, 11) is 5.17. The van der Waals surface area contributed by atoms with Gasteiger partial charge in [-0.1, -0.05) is 13.3 Å². The first-order chi connectivity index (χ1) is 2.77. The fraction of sp³-hybridized carbons (Fsp3) is 1.00. The van der Waals surface area contributed by atoms with E-state index in [0.29, 0.717) is 0 Å². The van der Waals surface area contributed by atoms with Crippen LogP contribution in [0, 0.1) is 0 Å². The first-order valence-electron chi connectivity index (χ1n) is 2.17. The van der Waals surface area contributed by atoms with Crippen LogP contribution in [-0.4, -0.2) is 13.1 Å². The minimum Gasteiger partial charge on any atom is -0.134 e. The van der Waals surface area contributed by atoms with Gasteiger partial charge in [0.1, 0.15) is 0 Å². The van der Waals surface area contributed by atoms with Crippen molar-refractivity contribution in [3.05, 3.63) is 0 Å². The largest absolute Gasteiger partial charge is 0.134 e. The Morgan fingerprint density at radius 1 is 1.83 bits per heavy atom. The Bertz CT molecular complexity index is 28.7. The molecule has 0 spiro atoms. The molecule has 0 N–H and O–H groups in total. The van der Waals surface area contributed by atoms with E-state index < -0.39 is 0 Å². The van der Waals surface area contributed by atoms with Gasteiger partial charge in [0.15, 0.2) is 0 Å². The smallest absolute Gasteiger partial charge is 0.0917 e. The van der Waals surface area contributed by atoms with Crippen LogP contribution in [0.2, 0.25) is 0 Å². The van der Waals surface area contributed by atoms with E-state index in [0.717, 1.165) is 12.8 Å². The third-order valence-corrected chi connectivity index (χ3v) is 0.783. The number of alkyl halides is 1. The molecular formula is C4H8BCl. The molecule has 0 saturated carbocycles. The van der Waals surface area contributed by atoms with Gasteiger partial charge in [-0.05, 0) is 11.7 Å². The van der Waals surface area contributed by atoms with Crippen LogP contribution >= 0.6 is 11.6 Å². The van der Waals surface area contributed by atoms with Gasteiger partial charge >= 0.3 is 0 Å². The lowest BCUT2D eigenvalue weighted by molar-refractivity contribution is 0.859. The highest BCUT2D eigenvalue weighted by atomic mass is 35.5. The summed E-state index contributed by atoms with van der Waals surface area (Å²) in [4.78, 5) is 0. The minimum atomic E-state index is -0.130. The molecular weight excluding hydrogens is 94.3 g/mol. The quantitative estimate of drug-likeness (QED) is 0.366. The van der Waals surface area contributed by atoms with Gasteiger partial charge < -0.3 is 0 Å². The van der Waals surface area contributed by atoms with E-state index in [4.69, 9.17) is 19.4 Å². The van der Waals surface area contributed by atoms with E-state index >= 15 is 0 Å². The molecule has 0 fully saturated rings.